The Morgan fingerprint density at radius 2 is 2.40 bits per heavy atom. The van der Waals surface area contributed by atoms with Gasteiger partial charge in [0.1, 0.15) is 0 Å². The second kappa shape index (κ2) is 5.03. The van der Waals surface area contributed by atoms with Crippen LogP contribution in [0.25, 0.3) is 0 Å². The van der Waals surface area contributed by atoms with E-state index in [0.717, 1.165) is 6.42 Å². The minimum atomic E-state index is -0.144. The van der Waals surface area contributed by atoms with Gasteiger partial charge in [-0.1, -0.05) is 13.0 Å². The van der Waals surface area contributed by atoms with E-state index in [0.29, 0.717) is 12.3 Å². The first-order chi connectivity index (χ1) is 4.70. The van der Waals surface area contributed by atoms with E-state index in [2.05, 4.69) is 11.3 Å². The Kier molecular flexibility index (Phi) is 4.63. The Morgan fingerprint density at radius 1 is 1.80 bits per heavy atom. The summed E-state index contributed by atoms with van der Waals surface area (Å²) in [6.45, 7) is 5.58. The molecular formula is C8H14O2. The topological polar surface area (TPSA) is 26.3 Å². The third kappa shape index (κ3) is 4.13. The molecule has 0 bridgehead atoms. The molecule has 1 atom stereocenters. The quantitative estimate of drug-likeness (QED) is 0.441. The molecule has 10 heavy (non-hydrogen) atoms. The lowest BCUT2D eigenvalue weighted by atomic mass is 10.0. The van der Waals surface area contributed by atoms with Crippen LogP contribution < -0.4 is 0 Å². The van der Waals surface area contributed by atoms with E-state index in [1.165, 1.54) is 7.11 Å². The Balaban J connectivity index is 3.46. The van der Waals surface area contributed by atoms with Crippen LogP contribution in [0.15, 0.2) is 12.7 Å². The fourth-order valence-corrected chi connectivity index (χ4v) is 0.736. The van der Waals surface area contributed by atoms with Crippen LogP contribution in [0.5, 0.6) is 0 Å². The fourth-order valence-electron chi connectivity index (χ4n) is 0.736. The summed E-state index contributed by atoms with van der Waals surface area (Å²) < 4.78 is 4.49. The molecule has 0 aromatic carbocycles. The summed E-state index contributed by atoms with van der Waals surface area (Å²) in [7, 11) is 1.41. The van der Waals surface area contributed by atoms with Gasteiger partial charge in [-0.25, -0.2) is 0 Å². The zero-order valence-corrected chi connectivity index (χ0v) is 6.59. The van der Waals surface area contributed by atoms with Gasteiger partial charge in [0.25, 0.3) is 0 Å². The number of carbonyl (C=O) groups excluding carboxylic acids is 1. The Bertz CT molecular complexity index is 118. The van der Waals surface area contributed by atoms with E-state index in [9.17, 15) is 4.79 Å². The molecule has 0 heterocycles. The van der Waals surface area contributed by atoms with Gasteiger partial charge < -0.3 is 4.74 Å². The van der Waals surface area contributed by atoms with Gasteiger partial charge in [0.05, 0.1) is 7.11 Å². The molecule has 2 nitrogen and oxygen atoms in total. The maximum Gasteiger partial charge on any atom is 0.305 e. The highest BCUT2D eigenvalue weighted by molar-refractivity contribution is 5.69. The van der Waals surface area contributed by atoms with Gasteiger partial charge in [0.2, 0.25) is 0 Å². The number of allylic oxidation sites excluding steroid dienone is 1. The Labute approximate surface area is 61.9 Å². The minimum absolute atomic E-state index is 0.144. The number of ether oxygens (including phenoxy) is 1. The van der Waals surface area contributed by atoms with Gasteiger partial charge in [-0.15, -0.1) is 6.58 Å². The molecular weight excluding hydrogens is 128 g/mol. The van der Waals surface area contributed by atoms with Crippen molar-refractivity contribution in [2.75, 3.05) is 7.11 Å². The van der Waals surface area contributed by atoms with Crippen LogP contribution in [0, 0.1) is 5.92 Å². The smallest absolute Gasteiger partial charge is 0.305 e. The first-order valence-electron chi connectivity index (χ1n) is 3.38. The van der Waals surface area contributed by atoms with Crippen molar-refractivity contribution >= 4 is 5.97 Å². The number of methoxy groups -OCH3 is 1. The highest BCUT2D eigenvalue weighted by Gasteiger charge is 2.06. The van der Waals surface area contributed by atoms with Crippen molar-refractivity contribution < 1.29 is 9.53 Å². The third-order valence-corrected chi connectivity index (χ3v) is 1.31. The number of rotatable bonds is 4. The third-order valence-electron chi connectivity index (χ3n) is 1.31. The van der Waals surface area contributed by atoms with Gasteiger partial charge in [-0.3, -0.25) is 4.79 Å². The van der Waals surface area contributed by atoms with Crippen molar-refractivity contribution in [3.63, 3.8) is 0 Å². The summed E-state index contributed by atoms with van der Waals surface area (Å²) in [5, 5.41) is 0. The van der Waals surface area contributed by atoms with Crippen LogP contribution in [0.2, 0.25) is 0 Å². The van der Waals surface area contributed by atoms with E-state index >= 15 is 0 Å². The normalized spacial score (nSPS) is 12.2. The number of esters is 1. The zero-order valence-electron chi connectivity index (χ0n) is 6.59. The van der Waals surface area contributed by atoms with Crippen LogP contribution in [-0.2, 0) is 9.53 Å². The van der Waals surface area contributed by atoms with Gasteiger partial charge in [-0.2, -0.15) is 0 Å². The molecule has 0 aromatic rings. The molecule has 0 radical (unpaired) electrons. The van der Waals surface area contributed by atoms with E-state index in [4.69, 9.17) is 0 Å². The monoisotopic (exact) mass is 142 g/mol. The molecule has 0 saturated heterocycles. The second-order valence-corrected chi connectivity index (χ2v) is 2.41. The summed E-state index contributed by atoms with van der Waals surface area (Å²) in [4.78, 5) is 10.6. The molecule has 0 aliphatic rings. The number of hydrogen-bond donors (Lipinski definition) is 0. The van der Waals surface area contributed by atoms with Crippen LogP contribution in [0.1, 0.15) is 19.8 Å². The number of carbonyl (C=O) groups is 1. The Morgan fingerprint density at radius 3 is 2.80 bits per heavy atom. The number of hydrogen-bond acceptors (Lipinski definition) is 2. The van der Waals surface area contributed by atoms with Gasteiger partial charge in [-0.05, 0) is 12.3 Å². The molecule has 0 unspecified atom stereocenters. The average Bonchev–Trinajstić information content (AvgIpc) is 1.88. The lowest BCUT2D eigenvalue weighted by molar-refractivity contribution is -0.141. The van der Waals surface area contributed by atoms with Crippen LogP contribution in [0.4, 0.5) is 0 Å². The maximum absolute atomic E-state index is 10.6. The van der Waals surface area contributed by atoms with Crippen LogP contribution in [-0.4, -0.2) is 13.1 Å². The van der Waals surface area contributed by atoms with E-state index in [1.54, 1.807) is 0 Å². The molecule has 58 valence electrons. The maximum atomic E-state index is 10.6. The average molecular weight is 142 g/mol. The summed E-state index contributed by atoms with van der Waals surface area (Å²) in [5.74, 6) is 0.208. The second-order valence-electron chi connectivity index (χ2n) is 2.41. The lowest BCUT2D eigenvalue weighted by Crippen LogP contribution is -2.06. The highest BCUT2D eigenvalue weighted by Crippen LogP contribution is 2.07. The first-order valence-corrected chi connectivity index (χ1v) is 3.38. The first kappa shape index (κ1) is 9.21. The molecule has 2 heteroatoms. The van der Waals surface area contributed by atoms with Crippen molar-refractivity contribution in [1.29, 1.82) is 0 Å². The van der Waals surface area contributed by atoms with Crippen molar-refractivity contribution in [2.45, 2.75) is 19.8 Å². The predicted octanol–water partition coefficient (Wildman–Crippen LogP) is 1.76. The minimum Gasteiger partial charge on any atom is -0.469 e. The largest absolute Gasteiger partial charge is 0.469 e. The summed E-state index contributed by atoms with van der Waals surface area (Å²) >= 11 is 0. The molecule has 0 fully saturated rings. The van der Waals surface area contributed by atoms with Crippen molar-refractivity contribution in [3.8, 4) is 0 Å². The van der Waals surface area contributed by atoms with E-state index in [1.807, 2.05) is 13.0 Å². The van der Waals surface area contributed by atoms with Gasteiger partial charge in [0, 0.05) is 6.42 Å². The predicted molar refractivity (Wildman–Crippen MR) is 40.6 cm³/mol. The summed E-state index contributed by atoms with van der Waals surface area (Å²) in [6.07, 6.45) is 3.17. The van der Waals surface area contributed by atoms with Crippen molar-refractivity contribution in [2.24, 2.45) is 5.92 Å². The highest BCUT2D eigenvalue weighted by atomic mass is 16.5. The fraction of sp³-hybridized carbons (Fsp3) is 0.625. The molecule has 0 spiro atoms. The molecule has 0 saturated carbocycles. The van der Waals surface area contributed by atoms with E-state index < -0.39 is 0 Å². The molecule has 0 rings (SSSR count). The molecule has 0 aliphatic carbocycles. The summed E-state index contributed by atoms with van der Waals surface area (Å²) in [5.41, 5.74) is 0. The van der Waals surface area contributed by atoms with E-state index in [-0.39, 0.29) is 5.97 Å². The standard InChI is InChI=1S/C8H14O2/c1-4-5-7(2)6-8(9)10-3/h4,7H,1,5-6H2,2-3H3/t7-/m0/s1. The summed E-state index contributed by atoms with van der Waals surface area (Å²) in [6, 6.07) is 0. The van der Waals surface area contributed by atoms with Gasteiger partial charge >= 0.3 is 5.97 Å². The molecule has 0 amide bonds. The molecule has 0 aromatic heterocycles. The molecule has 0 N–H and O–H groups in total. The van der Waals surface area contributed by atoms with Crippen LogP contribution >= 0.6 is 0 Å². The zero-order chi connectivity index (χ0) is 7.98. The van der Waals surface area contributed by atoms with Gasteiger partial charge in [0.15, 0.2) is 0 Å². The lowest BCUT2D eigenvalue weighted by Gasteiger charge is -2.04. The Hall–Kier alpha value is -0.790. The van der Waals surface area contributed by atoms with Crippen molar-refractivity contribution in [1.82, 2.24) is 0 Å². The van der Waals surface area contributed by atoms with Crippen molar-refractivity contribution in [3.05, 3.63) is 12.7 Å². The SMILES string of the molecule is C=CC[C@H](C)CC(=O)OC. The molecule has 0 aliphatic heterocycles. The van der Waals surface area contributed by atoms with Crippen LogP contribution in [0.3, 0.4) is 0 Å².